The van der Waals surface area contributed by atoms with Gasteiger partial charge < -0.3 is 19.8 Å². The number of nitrogens with one attached hydrogen (secondary N) is 2. The second-order valence-electron chi connectivity index (χ2n) is 7.22. The largest absolute Gasteiger partial charge is 0.349 e. The number of rotatable bonds is 6. The third-order valence-electron chi connectivity index (χ3n) is 4.84. The summed E-state index contributed by atoms with van der Waals surface area (Å²) in [6.45, 7) is 2.69. The maximum Gasteiger partial charge on any atom is 0.251 e. The monoisotopic (exact) mass is 358 g/mol. The zero-order chi connectivity index (χ0) is 18.8. The number of aryl methyl sites for hydroxylation is 1. The Morgan fingerprint density at radius 3 is 2.73 bits per heavy atom. The number of aromatic nitrogens is 4. The van der Waals surface area contributed by atoms with E-state index in [9.17, 15) is 9.59 Å². The van der Waals surface area contributed by atoms with Crippen molar-refractivity contribution in [2.45, 2.75) is 44.7 Å². The number of hydrogen-bond donors (Lipinski definition) is 2. The quantitative estimate of drug-likeness (QED) is 0.796. The molecule has 0 spiro atoms. The molecule has 1 fully saturated rings. The second-order valence-corrected chi connectivity index (χ2v) is 7.22. The van der Waals surface area contributed by atoms with Crippen molar-refractivity contribution in [3.8, 4) is 0 Å². The van der Waals surface area contributed by atoms with Crippen molar-refractivity contribution < 1.29 is 4.79 Å². The number of aromatic amines is 1. The molecule has 1 amide bonds. The molecule has 0 radical (unpaired) electrons. The number of carbonyl (C=O) groups excluding carboxylic acids is 1. The molecule has 1 aliphatic rings. The summed E-state index contributed by atoms with van der Waals surface area (Å²) < 4.78 is 2.05. The zero-order valence-corrected chi connectivity index (χ0v) is 15.7. The van der Waals surface area contributed by atoms with Crippen LogP contribution in [-0.4, -0.2) is 50.7 Å². The Morgan fingerprint density at radius 1 is 1.35 bits per heavy atom. The van der Waals surface area contributed by atoms with Gasteiger partial charge >= 0.3 is 0 Å². The van der Waals surface area contributed by atoms with Crippen molar-refractivity contribution in [3.05, 3.63) is 45.4 Å². The summed E-state index contributed by atoms with van der Waals surface area (Å²) in [5.41, 5.74) is 0.941. The van der Waals surface area contributed by atoms with Crippen LogP contribution < -0.4 is 10.9 Å². The maximum absolute atomic E-state index is 12.4. The maximum atomic E-state index is 12.4. The van der Waals surface area contributed by atoms with E-state index in [2.05, 4.69) is 25.4 Å². The average molecular weight is 358 g/mol. The number of pyridine rings is 1. The number of hydrogen-bond acceptors (Lipinski definition) is 5. The normalized spacial score (nSPS) is 19.4. The van der Waals surface area contributed by atoms with E-state index in [1.165, 1.54) is 6.07 Å². The van der Waals surface area contributed by atoms with Gasteiger partial charge in [0.05, 0.1) is 6.54 Å². The summed E-state index contributed by atoms with van der Waals surface area (Å²) in [5.74, 6) is 2.02. The molecule has 0 aliphatic heterocycles. The molecule has 0 saturated heterocycles. The lowest BCUT2D eigenvalue weighted by Gasteiger charge is -2.35. The molecule has 0 aromatic carbocycles. The second kappa shape index (κ2) is 7.41. The highest BCUT2D eigenvalue weighted by atomic mass is 16.2. The molecule has 0 atom stereocenters. The molecule has 2 aromatic rings. The fraction of sp³-hybridized carbons (Fsp3) is 0.556. The lowest BCUT2D eigenvalue weighted by molar-refractivity contribution is 0.0906. The lowest BCUT2D eigenvalue weighted by atomic mass is 9.79. The molecule has 0 bridgehead atoms. The average Bonchev–Trinajstić information content (AvgIpc) is 2.89. The predicted octanol–water partition coefficient (Wildman–Crippen LogP) is 0.803. The van der Waals surface area contributed by atoms with Crippen molar-refractivity contribution in [2.75, 3.05) is 14.1 Å². The van der Waals surface area contributed by atoms with Crippen LogP contribution in [0.25, 0.3) is 0 Å². The minimum Gasteiger partial charge on any atom is -0.349 e. The van der Waals surface area contributed by atoms with Crippen LogP contribution in [0.15, 0.2) is 16.9 Å². The van der Waals surface area contributed by atoms with Gasteiger partial charge in [-0.15, -0.1) is 10.2 Å². The number of carbonyl (C=O) groups is 1. The minimum atomic E-state index is -0.242. The number of nitrogens with zero attached hydrogens (tertiary/aromatic N) is 4. The Bertz CT molecular complexity index is 848. The predicted molar refractivity (Wildman–Crippen MR) is 98.1 cm³/mol. The van der Waals surface area contributed by atoms with E-state index in [0.717, 1.165) is 36.7 Å². The van der Waals surface area contributed by atoms with Crippen molar-refractivity contribution in [1.29, 1.82) is 0 Å². The molecule has 8 heteroatoms. The molecule has 3 rings (SSSR count). The fourth-order valence-corrected chi connectivity index (χ4v) is 3.29. The third-order valence-corrected chi connectivity index (χ3v) is 4.84. The highest BCUT2D eigenvalue weighted by Gasteiger charge is 2.35. The smallest absolute Gasteiger partial charge is 0.251 e. The number of amides is 1. The van der Waals surface area contributed by atoms with Crippen molar-refractivity contribution >= 4 is 5.91 Å². The van der Waals surface area contributed by atoms with Crippen LogP contribution in [0.4, 0.5) is 0 Å². The Labute approximate surface area is 152 Å². The molecule has 1 aliphatic carbocycles. The molecule has 2 aromatic heterocycles. The van der Waals surface area contributed by atoms with Crippen LogP contribution >= 0.6 is 0 Å². The van der Waals surface area contributed by atoms with Crippen LogP contribution in [0.3, 0.4) is 0 Å². The third kappa shape index (κ3) is 3.85. The van der Waals surface area contributed by atoms with Gasteiger partial charge in [0, 0.05) is 36.3 Å². The van der Waals surface area contributed by atoms with Gasteiger partial charge in [-0.1, -0.05) is 6.92 Å². The van der Waals surface area contributed by atoms with E-state index in [0.29, 0.717) is 17.9 Å². The van der Waals surface area contributed by atoms with Crippen molar-refractivity contribution in [2.24, 2.45) is 7.05 Å². The van der Waals surface area contributed by atoms with Gasteiger partial charge in [-0.05, 0) is 39.4 Å². The van der Waals surface area contributed by atoms with E-state index in [4.69, 9.17) is 0 Å². The summed E-state index contributed by atoms with van der Waals surface area (Å²) >= 11 is 0. The molecule has 2 heterocycles. The fourth-order valence-electron chi connectivity index (χ4n) is 3.29. The van der Waals surface area contributed by atoms with Crippen molar-refractivity contribution in [1.82, 2.24) is 30.0 Å². The van der Waals surface area contributed by atoms with E-state index in [-0.39, 0.29) is 17.5 Å². The molecular formula is C18H26N6O2. The van der Waals surface area contributed by atoms with Crippen LogP contribution in [0, 0.1) is 0 Å². The first kappa shape index (κ1) is 18.3. The SMILES string of the molecule is CCc1cc(C(=O)NC2CC(c3nnc(CN(C)C)n3C)C2)cc(=O)[nH]1. The zero-order valence-electron chi connectivity index (χ0n) is 15.7. The van der Waals surface area contributed by atoms with Gasteiger partial charge in [0.15, 0.2) is 0 Å². The Morgan fingerprint density at radius 2 is 2.08 bits per heavy atom. The van der Waals surface area contributed by atoms with E-state index >= 15 is 0 Å². The molecule has 140 valence electrons. The summed E-state index contributed by atoms with van der Waals surface area (Å²) in [7, 11) is 5.99. The summed E-state index contributed by atoms with van der Waals surface area (Å²) in [6.07, 6.45) is 2.36. The Balaban J connectivity index is 1.59. The van der Waals surface area contributed by atoms with Crippen LogP contribution in [0.5, 0.6) is 0 Å². The molecule has 1 saturated carbocycles. The molecule has 8 nitrogen and oxygen atoms in total. The summed E-state index contributed by atoms with van der Waals surface area (Å²) in [6, 6.07) is 3.19. The van der Waals surface area contributed by atoms with E-state index in [1.54, 1.807) is 6.07 Å². The molecule has 2 N–H and O–H groups in total. The summed E-state index contributed by atoms with van der Waals surface area (Å²) in [4.78, 5) is 28.8. The molecule has 0 unspecified atom stereocenters. The first-order valence-electron chi connectivity index (χ1n) is 8.94. The Kier molecular flexibility index (Phi) is 5.22. The Hall–Kier alpha value is -2.48. The summed E-state index contributed by atoms with van der Waals surface area (Å²) in [5, 5.41) is 11.6. The van der Waals surface area contributed by atoms with Crippen LogP contribution in [0.2, 0.25) is 0 Å². The van der Waals surface area contributed by atoms with Gasteiger partial charge in [-0.25, -0.2) is 0 Å². The highest BCUT2D eigenvalue weighted by Crippen LogP contribution is 2.36. The lowest BCUT2D eigenvalue weighted by Crippen LogP contribution is -2.44. The first-order chi connectivity index (χ1) is 12.4. The van der Waals surface area contributed by atoms with E-state index in [1.807, 2.05) is 32.6 Å². The van der Waals surface area contributed by atoms with Crippen LogP contribution in [-0.2, 0) is 20.0 Å². The standard InChI is InChI=1S/C18H26N6O2/c1-5-13-8-12(9-16(25)19-13)18(26)20-14-6-11(7-14)17-22-21-15(24(17)4)10-23(2)3/h8-9,11,14H,5-7,10H2,1-4H3,(H,19,25)(H,20,26). The highest BCUT2D eigenvalue weighted by molar-refractivity contribution is 5.94. The first-order valence-corrected chi connectivity index (χ1v) is 8.94. The van der Waals surface area contributed by atoms with Gasteiger partial charge in [-0.3, -0.25) is 9.59 Å². The molecule has 26 heavy (non-hydrogen) atoms. The van der Waals surface area contributed by atoms with Crippen LogP contribution in [0.1, 0.15) is 53.4 Å². The minimum absolute atomic E-state index is 0.103. The van der Waals surface area contributed by atoms with Crippen molar-refractivity contribution in [3.63, 3.8) is 0 Å². The topological polar surface area (TPSA) is 95.9 Å². The van der Waals surface area contributed by atoms with Gasteiger partial charge in [0.2, 0.25) is 5.56 Å². The van der Waals surface area contributed by atoms with Gasteiger partial charge in [0.25, 0.3) is 5.91 Å². The van der Waals surface area contributed by atoms with Gasteiger partial charge in [-0.2, -0.15) is 0 Å². The van der Waals surface area contributed by atoms with E-state index < -0.39 is 0 Å². The number of H-pyrrole nitrogens is 1. The molecular weight excluding hydrogens is 332 g/mol. The van der Waals surface area contributed by atoms with Gasteiger partial charge in [0.1, 0.15) is 11.6 Å².